The minimum atomic E-state index is -1.53. The highest BCUT2D eigenvalue weighted by Crippen LogP contribution is 2.33. The third-order valence-corrected chi connectivity index (χ3v) is 4.81. The van der Waals surface area contributed by atoms with E-state index in [1.165, 1.54) is 7.11 Å². The minimum absolute atomic E-state index is 0.134. The largest absolute Gasteiger partial charge is 0.497 e. The number of carbonyl (C=O) groups excluding carboxylic acids is 3. The van der Waals surface area contributed by atoms with Crippen molar-refractivity contribution >= 4 is 29.5 Å². The summed E-state index contributed by atoms with van der Waals surface area (Å²) in [4.78, 5) is 50.1. The molecule has 3 N–H and O–H groups in total. The van der Waals surface area contributed by atoms with Crippen LogP contribution in [0.15, 0.2) is 54.6 Å². The van der Waals surface area contributed by atoms with E-state index in [-0.39, 0.29) is 12.8 Å². The Morgan fingerprint density at radius 3 is 2.53 bits per heavy atom. The Labute approximate surface area is 172 Å². The number of amides is 4. The predicted molar refractivity (Wildman–Crippen MR) is 107 cm³/mol. The minimum Gasteiger partial charge on any atom is -0.497 e. The number of carboxylic acids is 1. The van der Waals surface area contributed by atoms with Crippen molar-refractivity contribution in [2.45, 2.75) is 18.4 Å². The number of urea groups is 1. The molecular weight excluding hydrogens is 390 g/mol. The highest BCUT2D eigenvalue weighted by atomic mass is 16.5. The number of carbonyl (C=O) groups is 4. The van der Waals surface area contributed by atoms with Gasteiger partial charge in [-0.3, -0.25) is 19.3 Å². The summed E-state index contributed by atoms with van der Waals surface area (Å²) in [6, 6.07) is 14.3. The Morgan fingerprint density at radius 1 is 1.13 bits per heavy atom. The number of benzene rings is 2. The lowest BCUT2D eigenvalue weighted by molar-refractivity contribution is -0.138. The maximum Gasteiger partial charge on any atom is 0.325 e. The Balaban J connectivity index is 1.80. The molecule has 1 aliphatic rings. The van der Waals surface area contributed by atoms with Gasteiger partial charge in [-0.1, -0.05) is 36.4 Å². The number of nitrogens with one attached hydrogen (secondary N) is 2. The van der Waals surface area contributed by atoms with Crippen LogP contribution in [0.25, 0.3) is 0 Å². The van der Waals surface area contributed by atoms with Crippen molar-refractivity contribution in [2.24, 2.45) is 0 Å². The van der Waals surface area contributed by atoms with Gasteiger partial charge in [-0.2, -0.15) is 0 Å². The van der Waals surface area contributed by atoms with Crippen LogP contribution in [0.1, 0.15) is 18.4 Å². The highest BCUT2D eigenvalue weighted by molar-refractivity contribution is 6.10. The molecule has 30 heavy (non-hydrogen) atoms. The molecule has 0 unspecified atom stereocenters. The van der Waals surface area contributed by atoms with Crippen LogP contribution in [-0.4, -0.2) is 47.5 Å². The Morgan fingerprint density at radius 2 is 1.87 bits per heavy atom. The lowest BCUT2D eigenvalue weighted by atomic mass is 9.85. The third kappa shape index (κ3) is 4.24. The second kappa shape index (κ2) is 8.64. The summed E-state index contributed by atoms with van der Waals surface area (Å²) < 4.78 is 5.10. The van der Waals surface area contributed by atoms with Gasteiger partial charge in [0.15, 0.2) is 0 Å². The van der Waals surface area contributed by atoms with Crippen molar-refractivity contribution in [1.29, 1.82) is 0 Å². The van der Waals surface area contributed by atoms with Crippen LogP contribution < -0.4 is 15.4 Å². The molecule has 2 aromatic carbocycles. The van der Waals surface area contributed by atoms with Gasteiger partial charge in [0.2, 0.25) is 5.91 Å². The SMILES string of the molecule is COc1cccc(NC(=O)CN2C(=O)N[C@](CCC(=O)O)(c3ccccc3)C2=O)c1. The molecule has 0 saturated carbocycles. The van der Waals surface area contributed by atoms with E-state index in [1.54, 1.807) is 54.6 Å². The maximum absolute atomic E-state index is 13.2. The topological polar surface area (TPSA) is 125 Å². The first-order valence-corrected chi connectivity index (χ1v) is 9.21. The monoisotopic (exact) mass is 411 g/mol. The van der Waals surface area contributed by atoms with Gasteiger partial charge in [0.05, 0.1) is 7.11 Å². The first-order chi connectivity index (χ1) is 14.4. The van der Waals surface area contributed by atoms with Gasteiger partial charge in [-0.15, -0.1) is 0 Å². The summed E-state index contributed by atoms with van der Waals surface area (Å²) in [5.74, 6) is -1.80. The molecule has 0 aliphatic carbocycles. The normalized spacial score (nSPS) is 18.1. The molecule has 4 amide bonds. The van der Waals surface area contributed by atoms with Crippen molar-refractivity contribution in [2.75, 3.05) is 19.0 Å². The van der Waals surface area contributed by atoms with Crippen molar-refractivity contribution in [3.05, 3.63) is 60.2 Å². The van der Waals surface area contributed by atoms with Crippen molar-refractivity contribution in [1.82, 2.24) is 10.2 Å². The van der Waals surface area contributed by atoms with Crippen LogP contribution in [0.3, 0.4) is 0 Å². The van der Waals surface area contributed by atoms with E-state index in [0.717, 1.165) is 4.90 Å². The van der Waals surface area contributed by atoms with Gasteiger partial charge < -0.3 is 20.5 Å². The number of rotatable bonds is 8. The molecule has 2 aromatic rings. The first kappa shape index (κ1) is 20.8. The molecule has 1 aliphatic heterocycles. The van der Waals surface area contributed by atoms with Crippen LogP contribution in [0.5, 0.6) is 5.75 Å². The molecule has 0 bridgehead atoms. The predicted octanol–water partition coefficient (Wildman–Crippen LogP) is 1.95. The van der Waals surface area contributed by atoms with Crippen LogP contribution in [0.2, 0.25) is 0 Å². The van der Waals surface area contributed by atoms with Crippen molar-refractivity contribution in [3.8, 4) is 5.75 Å². The lowest BCUT2D eigenvalue weighted by Gasteiger charge is -2.26. The summed E-state index contributed by atoms with van der Waals surface area (Å²) in [6.07, 6.45) is -0.463. The number of hydrogen-bond acceptors (Lipinski definition) is 5. The second-order valence-corrected chi connectivity index (χ2v) is 6.77. The second-order valence-electron chi connectivity index (χ2n) is 6.77. The van der Waals surface area contributed by atoms with Gasteiger partial charge in [0, 0.05) is 18.2 Å². The quantitative estimate of drug-likeness (QED) is 0.570. The highest BCUT2D eigenvalue weighted by Gasteiger charge is 2.52. The van der Waals surface area contributed by atoms with E-state index in [9.17, 15) is 19.2 Å². The molecular formula is C21H21N3O6. The number of methoxy groups -OCH3 is 1. The van der Waals surface area contributed by atoms with Crippen molar-refractivity contribution in [3.63, 3.8) is 0 Å². The smallest absolute Gasteiger partial charge is 0.325 e. The molecule has 3 rings (SSSR count). The number of hydrogen-bond donors (Lipinski definition) is 3. The molecule has 156 valence electrons. The number of imide groups is 1. The summed E-state index contributed by atoms with van der Waals surface area (Å²) in [7, 11) is 1.49. The summed E-state index contributed by atoms with van der Waals surface area (Å²) in [6.45, 7) is -0.510. The van der Waals surface area contributed by atoms with E-state index < -0.39 is 35.9 Å². The van der Waals surface area contributed by atoms with E-state index in [4.69, 9.17) is 9.84 Å². The van der Waals surface area contributed by atoms with E-state index in [1.807, 2.05) is 0 Å². The molecule has 9 heteroatoms. The average molecular weight is 411 g/mol. The number of nitrogens with zero attached hydrogens (tertiary/aromatic N) is 1. The van der Waals surface area contributed by atoms with E-state index in [0.29, 0.717) is 17.0 Å². The first-order valence-electron chi connectivity index (χ1n) is 9.21. The lowest BCUT2D eigenvalue weighted by Crippen LogP contribution is -2.45. The molecule has 0 spiro atoms. The molecule has 9 nitrogen and oxygen atoms in total. The average Bonchev–Trinajstić information content (AvgIpc) is 2.98. The molecule has 0 radical (unpaired) electrons. The number of anilines is 1. The zero-order chi connectivity index (χ0) is 21.7. The van der Waals surface area contributed by atoms with Crippen LogP contribution >= 0.6 is 0 Å². The standard InChI is InChI=1S/C21H21N3O6/c1-30-16-9-5-8-15(12-16)22-17(25)13-24-19(28)21(23-20(24)29,11-10-18(26)27)14-6-3-2-4-7-14/h2-9,12H,10-11,13H2,1H3,(H,22,25)(H,23,29)(H,26,27)/t21-/m1/s1. The van der Waals surface area contributed by atoms with Crippen LogP contribution in [0, 0.1) is 0 Å². The molecule has 1 atom stereocenters. The van der Waals surface area contributed by atoms with E-state index >= 15 is 0 Å². The number of ether oxygens (including phenoxy) is 1. The Kier molecular flexibility index (Phi) is 6.01. The fourth-order valence-corrected chi connectivity index (χ4v) is 3.34. The molecule has 1 fully saturated rings. The van der Waals surface area contributed by atoms with Gasteiger partial charge in [-0.25, -0.2) is 4.79 Å². The number of aliphatic carboxylic acids is 1. The summed E-state index contributed by atoms with van der Waals surface area (Å²) in [5.41, 5.74) is -0.626. The molecule has 1 heterocycles. The van der Waals surface area contributed by atoms with Crippen LogP contribution in [-0.2, 0) is 19.9 Å². The van der Waals surface area contributed by atoms with Gasteiger partial charge in [-0.05, 0) is 24.1 Å². The molecule has 1 saturated heterocycles. The Bertz CT molecular complexity index is 978. The fourth-order valence-electron chi connectivity index (χ4n) is 3.34. The van der Waals surface area contributed by atoms with Crippen LogP contribution in [0.4, 0.5) is 10.5 Å². The summed E-state index contributed by atoms with van der Waals surface area (Å²) >= 11 is 0. The van der Waals surface area contributed by atoms with Gasteiger partial charge in [0.25, 0.3) is 5.91 Å². The van der Waals surface area contributed by atoms with Gasteiger partial charge in [0.1, 0.15) is 17.8 Å². The zero-order valence-electron chi connectivity index (χ0n) is 16.3. The Hall–Kier alpha value is -3.88. The van der Waals surface area contributed by atoms with E-state index in [2.05, 4.69) is 10.6 Å². The fraction of sp³-hybridized carbons (Fsp3) is 0.238. The third-order valence-electron chi connectivity index (χ3n) is 4.81. The molecule has 0 aromatic heterocycles. The summed E-state index contributed by atoms with van der Waals surface area (Å²) in [5, 5.41) is 14.3. The van der Waals surface area contributed by atoms with Crippen molar-refractivity contribution < 1.29 is 29.0 Å². The maximum atomic E-state index is 13.2. The number of carboxylic acid groups (broad SMARTS) is 1. The van der Waals surface area contributed by atoms with Gasteiger partial charge >= 0.3 is 12.0 Å². The zero-order valence-corrected chi connectivity index (χ0v) is 16.3.